The van der Waals surface area contributed by atoms with Crippen LogP contribution >= 0.6 is 56.5 Å². The molecule has 0 saturated carbocycles. The topological polar surface area (TPSA) is 52.8 Å². The van der Waals surface area contributed by atoms with E-state index >= 15 is 0 Å². The van der Waals surface area contributed by atoms with Gasteiger partial charge in [0.05, 0.1) is 27.0 Å². The van der Waals surface area contributed by atoms with Crippen molar-refractivity contribution in [2.45, 2.75) is 25.5 Å². The van der Waals surface area contributed by atoms with Gasteiger partial charge in [0.25, 0.3) is 5.56 Å². The van der Waals surface area contributed by atoms with Crippen LogP contribution in [0.15, 0.2) is 106 Å². The van der Waals surface area contributed by atoms with Crippen molar-refractivity contribution >= 4 is 68.3 Å². The van der Waals surface area contributed by atoms with Gasteiger partial charge in [-0.2, -0.15) is 0 Å². The number of methoxy groups -OCH3 is 1. The SMILES string of the molecule is COc1cccc([C@@H]2C3=C(N=c4s/c(=C\c5cc(I)cc(I)c5OCc5ccccc5)c(=O)n42)c2ccccc2CC3)c1. The maximum atomic E-state index is 14.3. The van der Waals surface area contributed by atoms with Crippen LogP contribution in [0.2, 0.25) is 0 Å². The highest BCUT2D eigenvalue weighted by molar-refractivity contribution is 14.1. The Bertz CT molecular complexity index is 2080. The van der Waals surface area contributed by atoms with Gasteiger partial charge in [0.2, 0.25) is 0 Å². The van der Waals surface area contributed by atoms with Crippen molar-refractivity contribution in [1.29, 1.82) is 0 Å². The second-order valence-corrected chi connectivity index (χ2v) is 13.9. The van der Waals surface area contributed by atoms with Crippen LogP contribution in [-0.4, -0.2) is 11.7 Å². The van der Waals surface area contributed by atoms with Crippen LogP contribution < -0.4 is 24.4 Å². The monoisotopic (exact) mass is 808 g/mol. The smallest absolute Gasteiger partial charge is 0.271 e. The molecule has 1 atom stereocenters. The summed E-state index contributed by atoms with van der Waals surface area (Å²) in [6.45, 7) is 0.446. The minimum absolute atomic E-state index is 0.0511. The number of rotatable bonds is 6. The molecule has 0 saturated heterocycles. The summed E-state index contributed by atoms with van der Waals surface area (Å²) >= 11 is 6.07. The number of thiazole rings is 1. The molecule has 2 heterocycles. The molecular weight excluding hydrogens is 782 g/mol. The van der Waals surface area contributed by atoms with E-state index in [9.17, 15) is 4.79 Å². The third-order valence-electron chi connectivity index (χ3n) is 7.83. The molecule has 43 heavy (non-hydrogen) atoms. The Kier molecular flexibility index (Phi) is 8.00. The number of halogens is 2. The summed E-state index contributed by atoms with van der Waals surface area (Å²) in [5.41, 5.74) is 7.53. The fourth-order valence-electron chi connectivity index (χ4n) is 5.84. The van der Waals surface area contributed by atoms with Gasteiger partial charge >= 0.3 is 0 Å². The number of aryl methyl sites for hydroxylation is 1. The zero-order valence-corrected chi connectivity index (χ0v) is 28.4. The lowest BCUT2D eigenvalue weighted by Crippen LogP contribution is -2.38. The van der Waals surface area contributed by atoms with E-state index in [1.807, 2.05) is 47.0 Å². The number of benzene rings is 4. The van der Waals surface area contributed by atoms with Crippen LogP contribution in [0.3, 0.4) is 0 Å². The third-order valence-corrected chi connectivity index (χ3v) is 10.2. The minimum atomic E-state index is -0.262. The summed E-state index contributed by atoms with van der Waals surface area (Å²) in [6, 6.07) is 30.5. The number of aromatic nitrogens is 1. The fraction of sp³-hybridized carbons (Fsp3) is 0.143. The van der Waals surface area contributed by atoms with Crippen LogP contribution in [0.25, 0.3) is 11.8 Å². The molecule has 0 bridgehead atoms. The van der Waals surface area contributed by atoms with Crippen LogP contribution in [0.4, 0.5) is 0 Å². The van der Waals surface area contributed by atoms with Gasteiger partial charge in [-0.1, -0.05) is 78.1 Å². The zero-order valence-electron chi connectivity index (χ0n) is 23.2. The third kappa shape index (κ3) is 5.49. The van der Waals surface area contributed by atoms with Gasteiger partial charge in [-0.25, -0.2) is 4.99 Å². The van der Waals surface area contributed by atoms with Crippen LogP contribution in [0.5, 0.6) is 11.5 Å². The lowest BCUT2D eigenvalue weighted by atomic mass is 9.83. The average molecular weight is 808 g/mol. The van der Waals surface area contributed by atoms with Crippen molar-refractivity contribution in [3.05, 3.63) is 151 Å². The maximum absolute atomic E-state index is 14.3. The molecule has 0 unspecified atom stereocenters. The molecule has 0 N–H and O–H groups in total. The first-order chi connectivity index (χ1) is 21.0. The number of nitrogens with zero attached hydrogens (tertiary/aromatic N) is 2. The quantitative estimate of drug-likeness (QED) is 0.172. The predicted octanol–water partition coefficient (Wildman–Crippen LogP) is 7.12. The number of hydrogen-bond donors (Lipinski definition) is 0. The van der Waals surface area contributed by atoms with E-state index < -0.39 is 0 Å². The molecule has 5 nitrogen and oxygen atoms in total. The lowest BCUT2D eigenvalue weighted by molar-refractivity contribution is 0.303. The molecular formula is C35H26I2N2O3S. The summed E-state index contributed by atoms with van der Waals surface area (Å²) in [6.07, 6.45) is 3.72. The lowest BCUT2D eigenvalue weighted by Gasteiger charge is -2.31. The maximum Gasteiger partial charge on any atom is 0.271 e. The Balaban J connectivity index is 1.41. The highest BCUT2D eigenvalue weighted by Crippen LogP contribution is 2.41. The Morgan fingerprint density at radius 3 is 2.63 bits per heavy atom. The van der Waals surface area contributed by atoms with Gasteiger partial charge in [-0.05, 0) is 111 Å². The normalized spacial score (nSPS) is 15.8. The molecule has 0 radical (unpaired) electrons. The largest absolute Gasteiger partial charge is 0.497 e. The van der Waals surface area contributed by atoms with E-state index in [1.165, 1.54) is 22.5 Å². The Morgan fingerprint density at radius 1 is 0.977 bits per heavy atom. The summed E-state index contributed by atoms with van der Waals surface area (Å²) in [5, 5.41) is 0. The Hall–Kier alpha value is -3.22. The highest BCUT2D eigenvalue weighted by Gasteiger charge is 2.32. The summed E-state index contributed by atoms with van der Waals surface area (Å²) in [4.78, 5) is 20.2. The van der Waals surface area contributed by atoms with Crippen molar-refractivity contribution < 1.29 is 9.47 Å². The molecule has 0 fully saturated rings. The first-order valence-corrected chi connectivity index (χ1v) is 16.9. The van der Waals surface area contributed by atoms with Gasteiger partial charge < -0.3 is 9.47 Å². The molecule has 214 valence electrons. The van der Waals surface area contributed by atoms with Gasteiger partial charge in [-0.15, -0.1) is 0 Å². The van der Waals surface area contributed by atoms with E-state index in [2.05, 4.69) is 99.8 Å². The fourth-order valence-corrected chi connectivity index (χ4v) is 8.88. The molecule has 8 heteroatoms. The number of fused-ring (bicyclic) bond motifs is 3. The first kappa shape index (κ1) is 28.5. The standard InChI is InChI=1S/C35H26I2N2O3S/c1-41-26-12-7-11-23(17-26)32-28-15-14-22-10-5-6-13-27(22)31(28)38-35-39(32)34(40)30(43-35)18-24-16-25(36)19-29(37)33(24)42-20-21-8-3-2-4-9-21/h2-13,16-19,32H,14-15,20H2,1H3/b30-18-/t32-/m1/s1. The predicted molar refractivity (Wildman–Crippen MR) is 188 cm³/mol. The Labute approximate surface area is 280 Å². The number of hydrogen-bond acceptors (Lipinski definition) is 5. The Morgan fingerprint density at radius 2 is 1.79 bits per heavy atom. The summed E-state index contributed by atoms with van der Waals surface area (Å²) < 4.78 is 16.5. The van der Waals surface area contributed by atoms with Crippen molar-refractivity contribution in [2.24, 2.45) is 4.99 Å². The first-order valence-electron chi connectivity index (χ1n) is 13.9. The molecule has 0 amide bonds. The zero-order chi connectivity index (χ0) is 29.5. The molecule has 7 rings (SSSR count). The number of ether oxygens (including phenoxy) is 2. The van der Waals surface area contributed by atoms with E-state index in [1.54, 1.807) is 7.11 Å². The molecule has 2 aliphatic rings. The van der Waals surface area contributed by atoms with Crippen molar-refractivity contribution in [3.63, 3.8) is 0 Å². The van der Waals surface area contributed by atoms with E-state index in [0.717, 1.165) is 59.4 Å². The number of allylic oxidation sites excluding steroid dienone is 1. The second kappa shape index (κ2) is 12.0. The van der Waals surface area contributed by atoms with Crippen LogP contribution in [-0.2, 0) is 13.0 Å². The summed E-state index contributed by atoms with van der Waals surface area (Å²) in [7, 11) is 1.67. The molecule has 1 aliphatic heterocycles. The van der Waals surface area contributed by atoms with Crippen LogP contribution in [0, 0.1) is 7.14 Å². The van der Waals surface area contributed by atoms with E-state index in [0.29, 0.717) is 15.9 Å². The van der Waals surface area contributed by atoms with Crippen molar-refractivity contribution in [2.75, 3.05) is 7.11 Å². The van der Waals surface area contributed by atoms with E-state index in [-0.39, 0.29) is 11.6 Å². The molecule has 1 aliphatic carbocycles. The van der Waals surface area contributed by atoms with Crippen LogP contribution in [0.1, 0.15) is 40.3 Å². The van der Waals surface area contributed by atoms with E-state index in [4.69, 9.17) is 14.5 Å². The van der Waals surface area contributed by atoms with Gasteiger partial charge in [-0.3, -0.25) is 9.36 Å². The summed E-state index contributed by atoms with van der Waals surface area (Å²) in [5.74, 6) is 1.54. The van der Waals surface area contributed by atoms with Gasteiger partial charge in [0.15, 0.2) is 4.80 Å². The van der Waals surface area contributed by atoms with Gasteiger partial charge in [0.1, 0.15) is 18.1 Å². The molecule has 0 spiro atoms. The molecule has 5 aromatic rings. The van der Waals surface area contributed by atoms with Crippen molar-refractivity contribution in [1.82, 2.24) is 4.57 Å². The minimum Gasteiger partial charge on any atom is -0.497 e. The second-order valence-electron chi connectivity index (χ2n) is 10.5. The molecule has 4 aromatic carbocycles. The molecule has 1 aromatic heterocycles. The van der Waals surface area contributed by atoms with Crippen molar-refractivity contribution in [3.8, 4) is 11.5 Å². The highest BCUT2D eigenvalue weighted by atomic mass is 127. The average Bonchev–Trinajstić information content (AvgIpc) is 3.33. The van der Waals surface area contributed by atoms with Gasteiger partial charge in [0, 0.05) is 14.7 Å².